The first-order valence-corrected chi connectivity index (χ1v) is 6.55. The normalized spacial score (nSPS) is 15.6. The number of rotatable bonds is 5. The molecule has 86 valence electrons. The van der Waals surface area contributed by atoms with Crippen molar-refractivity contribution in [3.63, 3.8) is 0 Å². The molecular formula is C12H22N2S. The lowest BCUT2D eigenvalue weighted by atomic mass is 10.0. The topological polar surface area (TPSA) is 24.9 Å². The van der Waals surface area contributed by atoms with E-state index in [0.29, 0.717) is 12.1 Å². The molecule has 0 amide bonds. The van der Waals surface area contributed by atoms with Crippen LogP contribution in [0.1, 0.15) is 50.9 Å². The molecule has 0 radical (unpaired) electrons. The summed E-state index contributed by atoms with van der Waals surface area (Å²) in [5.41, 5.74) is 1.17. The average molecular weight is 226 g/mol. The summed E-state index contributed by atoms with van der Waals surface area (Å²) in [7, 11) is 0. The van der Waals surface area contributed by atoms with E-state index in [1.807, 2.05) is 0 Å². The van der Waals surface area contributed by atoms with Crippen LogP contribution in [0.5, 0.6) is 0 Å². The summed E-state index contributed by atoms with van der Waals surface area (Å²) < 4.78 is 0. The molecular weight excluding hydrogens is 204 g/mol. The van der Waals surface area contributed by atoms with Gasteiger partial charge >= 0.3 is 0 Å². The Kier molecular flexibility index (Phi) is 4.74. The molecule has 1 aromatic rings. The number of aryl methyl sites for hydroxylation is 1. The Morgan fingerprint density at radius 2 is 2.00 bits per heavy atom. The van der Waals surface area contributed by atoms with Crippen molar-refractivity contribution < 1.29 is 0 Å². The van der Waals surface area contributed by atoms with Crippen molar-refractivity contribution in [2.75, 3.05) is 0 Å². The molecule has 1 heterocycles. The Labute approximate surface area is 97.1 Å². The highest BCUT2D eigenvalue weighted by Crippen LogP contribution is 2.17. The number of nitrogens with one attached hydrogen (secondary N) is 1. The molecule has 0 bridgehead atoms. The molecule has 0 fully saturated rings. The second-order valence-electron chi connectivity index (χ2n) is 4.71. The van der Waals surface area contributed by atoms with E-state index in [4.69, 9.17) is 0 Å². The van der Waals surface area contributed by atoms with Crippen molar-refractivity contribution in [3.05, 3.63) is 16.1 Å². The Morgan fingerprint density at radius 1 is 1.33 bits per heavy atom. The summed E-state index contributed by atoms with van der Waals surface area (Å²) in [6.07, 6.45) is 1.22. The van der Waals surface area contributed by atoms with Gasteiger partial charge in [-0.3, -0.25) is 0 Å². The fourth-order valence-corrected chi connectivity index (χ4v) is 2.57. The Morgan fingerprint density at radius 3 is 2.47 bits per heavy atom. The van der Waals surface area contributed by atoms with Crippen LogP contribution in [0.15, 0.2) is 5.38 Å². The molecule has 0 aliphatic carbocycles. The van der Waals surface area contributed by atoms with Crippen molar-refractivity contribution in [1.82, 2.24) is 10.3 Å². The zero-order valence-electron chi connectivity index (χ0n) is 10.4. The largest absolute Gasteiger partial charge is 0.306 e. The van der Waals surface area contributed by atoms with Gasteiger partial charge in [0.05, 0.1) is 10.7 Å². The minimum atomic E-state index is 0.365. The molecule has 1 rings (SSSR count). The van der Waals surface area contributed by atoms with Crippen LogP contribution in [0, 0.1) is 12.8 Å². The third-order valence-corrected chi connectivity index (χ3v) is 3.23. The van der Waals surface area contributed by atoms with Crippen molar-refractivity contribution in [2.45, 2.75) is 53.1 Å². The zero-order chi connectivity index (χ0) is 11.4. The molecule has 1 N–H and O–H groups in total. The highest BCUT2D eigenvalue weighted by molar-refractivity contribution is 7.09. The maximum Gasteiger partial charge on any atom is 0.0898 e. The van der Waals surface area contributed by atoms with Crippen LogP contribution in [0.2, 0.25) is 0 Å². The lowest BCUT2D eigenvalue weighted by molar-refractivity contribution is 0.403. The average Bonchev–Trinajstić information content (AvgIpc) is 2.49. The number of thiazole rings is 1. The van der Waals surface area contributed by atoms with Crippen LogP contribution >= 0.6 is 11.3 Å². The van der Waals surface area contributed by atoms with E-state index in [2.05, 4.69) is 50.3 Å². The Bertz CT molecular complexity index is 294. The number of aromatic nitrogens is 1. The fourth-order valence-electron chi connectivity index (χ4n) is 1.87. The van der Waals surface area contributed by atoms with E-state index in [0.717, 1.165) is 10.9 Å². The molecule has 2 atom stereocenters. The van der Waals surface area contributed by atoms with E-state index >= 15 is 0 Å². The van der Waals surface area contributed by atoms with Gasteiger partial charge in [0.15, 0.2) is 0 Å². The first-order valence-electron chi connectivity index (χ1n) is 5.67. The third kappa shape index (κ3) is 4.31. The quantitative estimate of drug-likeness (QED) is 0.830. The van der Waals surface area contributed by atoms with Gasteiger partial charge in [0, 0.05) is 17.5 Å². The van der Waals surface area contributed by atoms with E-state index in [1.54, 1.807) is 11.3 Å². The maximum absolute atomic E-state index is 4.50. The van der Waals surface area contributed by atoms with Crippen LogP contribution in [0.3, 0.4) is 0 Å². The van der Waals surface area contributed by atoms with Gasteiger partial charge in [0.2, 0.25) is 0 Å². The minimum Gasteiger partial charge on any atom is -0.306 e. The van der Waals surface area contributed by atoms with Crippen molar-refractivity contribution in [3.8, 4) is 0 Å². The molecule has 1 aromatic heterocycles. The van der Waals surface area contributed by atoms with Gasteiger partial charge in [-0.05, 0) is 33.1 Å². The summed E-state index contributed by atoms with van der Waals surface area (Å²) in [4.78, 5) is 4.50. The van der Waals surface area contributed by atoms with E-state index < -0.39 is 0 Å². The Balaban J connectivity index is 2.45. The van der Waals surface area contributed by atoms with Crippen LogP contribution in [-0.2, 0) is 0 Å². The molecule has 0 spiro atoms. The first kappa shape index (κ1) is 12.7. The maximum atomic E-state index is 4.50. The molecule has 0 aromatic carbocycles. The molecule has 0 aliphatic heterocycles. The van der Waals surface area contributed by atoms with Crippen LogP contribution in [0.4, 0.5) is 0 Å². The predicted molar refractivity (Wildman–Crippen MR) is 67.3 cm³/mol. The molecule has 2 nitrogen and oxygen atoms in total. The number of hydrogen-bond donors (Lipinski definition) is 1. The molecule has 0 saturated heterocycles. The van der Waals surface area contributed by atoms with E-state index in [1.165, 1.54) is 12.1 Å². The standard InChI is InChI=1S/C12H22N2S/c1-8(2)6-9(3)13-10(4)12-7-15-11(5)14-12/h7-10,13H,6H2,1-5H3. The zero-order valence-corrected chi connectivity index (χ0v) is 11.2. The van der Waals surface area contributed by atoms with Gasteiger partial charge in [-0.1, -0.05) is 13.8 Å². The van der Waals surface area contributed by atoms with Gasteiger partial charge in [0.25, 0.3) is 0 Å². The minimum absolute atomic E-state index is 0.365. The first-order chi connectivity index (χ1) is 6.99. The van der Waals surface area contributed by atoms with E-state index in [-0.39, 0.29) is 0 Å². The molecule has 2 unspecified atom stereocenters. The highest BCUT2D eigenvalue weighted by atomic mass is 32.1. The smallest absolute Gasteiger partial charge is 0.0898 e. The van der Waals surface area contributed by atoms with Crippen molar-refractivity contribution in [1.29, 1.82) is 0 Å². The lowest BCUT2D eigenvalue weighted by Gasteiger charge is -2.20. The highest BCUT2D eigenvalue weighted by Gasteiger charge is 2.12. The second kappa shape index (κ2) is 5.61. The lowest BCUT2D eigenvalue weighted by Crippen LogP contribution is -2.30. The second-order valence-corrected chi connectivity index (χ2v) is 5.77. The van der Waals surface area contributed by atoms with Crippen molar-refractivity contribution >= 4 is 11.3 Å². The van der Waals surface area contributed by atoms with Gasteiger partial charge in [-0.25, -0.2) is 4.98 Å². The van der Waals surface area contributed by atoms with Gasteiger partial charge < -0.3 is 5.32 Å². The molecule has 15 heavy (non-hydrogen) atoms. The summed E-state index contributed by atoms with van der Waals surface area (Å²) in [5, 5.41) is 6.88. The van der Waals surface area contributed by atoms with Gasteiger partial charge in [-0.15, -0.1) is 11.3 Å². The summed E-state index contributed by atoms with van der Waals surface area (Å²) in [5.74, 6) is 0.747. The van der Waals surface area contributed by atoms with Gasteiger partial charge in [0.1, 0.15) is 0 Å². The summed E-state index contributed by atoms with van der Waals surface area (Å²) in [6.45, 7) is 11.0. The molecule has 0 aliphatic rings. The van der Waals surface area contributed by atoms with Gasteiger partial charge in [-0.2, -0.15) is 0 Å². The SMILES string of the molecule is Cc1nc(C(C)NC(C)CC(C)C)cs1. The summed E-state index contributed by atoms with van der Waals surface area (Å²) in [6, 6.07) is 0.922. The third-order valence-electron chi connectivity index (χ3n) is 2.44. The van der Waals surface area contributed by atoms with E-state index in [9.17, 15) is 0 Å². The van der Waals surface area contributed by atoms with Crippen LogP contribution < -0.4 is 5.32 Å². The van der Waals surface area contributed by atoms with Crippen LogP contribution in [0.25, 0.3) is 0 Å². The van der Waals surface area contributed by atoms with Crippen molar-refractivity contribution in [2.24, 2.45) is 5.92 Å². The van der Waals surface area contributed by atoms with Crippen LogP contribution in [-0.4, -0.2) is 11.0 Å². The summed E-state index contributed by atoms with van der Waals surface area (Å²) >= 11 is 1.72. The fraction of sp³-hybridized carbons (Fsp3) is 0.750. The number of hydrogen-bond acceptors (Lipinski definition) is 3. The molecule has 3 heteroatoms. The number of nitrogens with zero attached hydrogens (tertiary/aromatic N) is 1. The Hall–Kier alpha value is -0.410. The molecule has 0 saturated carbocycles. The predicted octanol–water partition coefficient (Wildman–Crippen LogP) is 3.54. The monoisotopic (exact) mass is 226 g/mol.